The highest BCUT2D eigenvalue weighted by Crippen LogP contribution is 2.33. The smallest absolute Gasteiger partial charge is 0.322 e. The Morgan fingerprint density at radius 2 is 1.89 bits per heavy atom. The lowest BCUT2D eigenvalue weighted by Crippen LogP contribution is -2.52. The van der Waals surface area contributed by atoms with Crippen LogP contribution >= 0.6 is 0 Å². The van der Waals surface area contributed by atoms with Crippen molar-refractivity contribution in [2.75, 3.05) is 6.54 Å². The summed E-state index contributed by atoms with van der Waals surface area (Å²) >= 11 is 0. The molecule has 4 aromatic rings. The van der Waals surface area contributed by atoms with Gasteiger partial charge in [-0.05, 0) is 35.4 Å². The SMILES string of the molecule is NOc1ccc2c(c1)C(=O)N(C[C@@]1(c3ccc(-c4cnc5ccccn45)cc3)NC(=O)NC1=O)C2. The fourth-order valence-electron chi connectivity index (χ4n) is 4.80. The van der Waals surface area contributed by atoms with Crippen molar-refractivity contribution in [3.8, 4) is 17.0 Å². The van der Waals surface area contributed by atoms with Crippen LogP contribution in [0.15, 0.2) is 73.1 Å². The molecule has 4 N–H and O–H groups in total. The topological polar surface area (TPSA) is 131 Å². The molecular formula is C25H20N6O4. The number of hydrogen-bond acceptors (Lipinski definition) is 6. The highest BCUT2D eigenvalue weighted by molar-refractivity contribution is 6.08. The van der Waals surface area contributed by atoms with Gasteiger partial charge in [0.25, 0.3) is 11.8 Å². The van der Waals surface area contributed by atoms with Crippen LogP contribution < -0.4 is 21.4 Å². The van der Waals surface area contributed by atoms with E-state index in [1.807, 2.05) is 40.9 Å². The van der Waals surface area contributed by atoms with E-state index >= 15 is 0 Å². The molecule has 10 heteroatoms. The molecule has 0 aliphatic carbocycles. The van der Waals surface area contributed by atoms with Crippen molar-refractivity contribution in [1.29, 1.82) is 0 Å². The molecule has 0 saturated carbocycles. The van der Waals surface area contributed by atoms with Crippen LogP contribution in [0.5, 0.6) is 5.75 Å². The first-order valence-electron chi connectivity index (χ1n) is 10.9. The Labute approximate surface area is 199 Å². The van der Waals surface area contributed by atoms with Gasteiger partial charge in [0.05, 0.1) is 18.4 Å². The molecule has 4 heterocycles. The number of fused-ring (bicyclic) bond motifs is 2. The van der Waals surface area contributed by atoms with Gasteiger partial charge in [-0.3, -0.25) is 19.3 Å². The maximum Gasteiger partial charge on any atom is 0.322 e. The van der Waals surface area contributed by atoms with E-state index in [-0.39, 0.29) is 12.5 Å². The van der Waals surface area contributed by atoms with Gasteiger partial charge in [-0.25, -0.2) is 9.78 Å². The monoisotopic (exact) mass is 468 g/mol. The van der Waals surface area contributed by atoms with Gasteiger partial charge in [-0.15, -0.1) is 0 Å². The van der Waals surface area contributed by atoms with E-state index in [0.717, 1.165) is 22.5 Å². The van der Waals surface area contributed by atoms with Gasteiger partial charge < -0.3 is 15.1 Å². The summed E-state index contributed by atoms with van der Waals surface area (Å²) in [6.07, 6.45) is 3.71. The van der Waals surface area contributed by atoms with Gasteiger partial charge in [0.15, 0.2) is 5.54 Å². The number of nitrogens with two attached hydrogens (primary N) is 1. The summed E-state index contributed by atoms with van der Waals surface area (Å²) in [6.45, 7) is 0.260. The largest absolute Gasteiger partial charge is 0.412 e. The average molecular weight is 468 g/mol. The van der Waals surface area contributed by atoms with Crippen LogP contribution in [0.2, 0.25) is 0 Å². The van der Waals surface area contributed by atoms with Crippen molar-refractivity contribution in [2.45, 2.75) is 12.1 Å². The van der Waals surface area contributed by atoms with Gasteiger partial charge in [0.1, 0.15) is 11.4 Å². The van der Waals surface area contributed by atoms with E-state index in [9.17, 15) is 14.4 Å². The van der Waals surface area contributed by atoms with Gasteiger partial charge >= 0.3 is 6.03 Å². The maximum absolute atomic E-state index is 13.1. The normalized spacial score (nSPS) is 19.1. The third-order valence-corrected chi connectivity index (χ3v) is 6.56. The Kier molecular flexibility index (Phi) is 4.58. The number of imide groups is 1. The van der Waals surface area contributed by atoms with Crippen molar-refractivity contribution >= 4 is 23.5 Å². The number of hydrogen-bond donors (Lipinski definition) is 3. The molecule has 10 nitrogen and oxygen atoms in total. The molecule has 4 amide bonds. The van der Waals surface area contributed by atoms with Crippen LogP contribution in [0.4, 0.5) is 4.79 Å². The molecule has 0 unspecified atom stereocenters. The molecule has 35 heavy (non-hydrogen) atoms. The number of carbonyl (C=O) groups is 3. The molecule has 1 saturated heterocycles. The van der Waals surface area contributed by atoms with E-state index in [0.29, 0.717) is 23.4 Å². The molecule has 0 spiro atoms. The lowest BCUT2D eigenvalue weighted by atomic mass is 9.88. The van der Waals surface area contributed by atoms with Crippen molar-refractivity contribution in [1.82, 2.24) is 24.9 Å². The van der Waals surface area contributed by atoms with Crippen LogP contribution in [0.1, 0.15) is 21.5 Å². The Bertz CT molecular complexity index is 1510. The Morgan fingerprint density at radius 3 is 2.63 bits per heavy atom. The van der Waals surface area contributed by atoms with Crippen LogP contribution in [0, 0.1) is 0 Å². The third-order valence-electron chi connectivity index (χ3n) is 6.56. The van der Waals surface area contributed by atoms with E-state index in [1.54, 1.807) is 36.5 Å². The predicted molar refractivity (Wildman–Crippen MR) is 125 cm³/mol. The summed E-state index contributed by atoms with van der Waals surface area (Å²) in [6, 6.07) is 17.5. The first kappa shape index (κ1) is 20.9. The second-order valence-corrected chi connectivity index (χ2v) is 8.56. The van der Waals surface area contributed by atoms with Crippen LogP contribution in [-0.2, 0) is 16.9 Å². The summed E-state index contributed by atoms with van der Waals surface area (Å²) in [5.74, 6) is 4.82. The molecule has 174 valence electrons. The van der Waals surface area contributed by atoms with E-state index in [1.165, 1.54) is 4.90 Å². The minimum absolute atomic E-state index is 0.0359. The van der Waals surface area contributed by atoms with Crippen molar-refractivity contribution in [3.05, 3.63) is 89.7 Å². The molecule has 6 rings (SSSR count). The number of imidazole rings is 1. The van der Waals surface area contributed by atoms with Crippen molar-refractivity contribution < 1.29 is 19.2 Å². The zero-order chi connectivity index (χ0) is 24.2. The minimum Gasteiger partial charge on any atom is -0.412 e. The third kappa shape index (κ3) is 3.22. The van der Waals surface area contributed by atoms with Crippen LogP contribution in [-0.4, -0.2) is 38.7 Å². The second-order valence-electron chi connectivity index (χ2n) is 8.56. The number of rotatable bonds is 5. The standard InChI is InChI=1S/C25H20N6O4/c26-35-18-9-6-16-13-30(22(32)19(16)11-18)14-25(23(33)28-24(34)29-25)17-7-4-15(5-8-17)20-12-27-21-3-1-2-10-31(20)21/h1-12H,13-14,26H2,(H2,28,29,33,34)/t25-/m0/s1. The predicted octanol–water partition coefficient (Wildman–Crippen LogP) is 1.94. The Morgan fingerprint density at radius 1 is 1.06 bits per heavy atom. The molecule has 0 radical (unpaired) electrons. The molecule has 2 aromatic heterocycles. The summed E-state index contributed by atoms with van der Waals surface area (Å²) in [5, 5.41) is 5.08. The number of nitrogens with one attached hydrogen (secondary N) is 2. The van der Waals surface area contributed by atoms with Crippen LogP contribution in [0.25, 0.3) is 16.9 Å². The van der Waals surface area contributed by atoms with E-state index in [4.69, 9.17) is 10.7 Å². The minimum atomic E-state index is -1.43. The molecule has 2 aromatic carbocycles. The summed E-state index contributed by atoms with van der Waals surface area (Å²) in [5.41, 5.74) is 2.99. The zero-order valence-corrected chi connectivity index (χ0v) is 18.4. The number of aromatic nitrogens is 2. The van der Waals surface area contributed by atoms with Crippen molar-refractivity contribution in [3.63, 3.8) is 0 Å². The van der Waals surface area contributed by atoms with Gasteiger partial charge in [-0.2, -0.15) is 5.90 Å². The van der Waals surface area contributed by atoms with Crippen molar-refractivity contribution in [2.24, 2.45) is 5.90 Å². The molecule has 0 bridgehead atoms. The molecule has 1 fully saturated rings. The summed E-state index contributed by atoms with van der Waals surface area (Å²) in [4.78, 5) is 49.1. The first-order valence-corrected chi connectivity index (χ1v) is 10.9. The Balaban J connectivity index is 1.35. The highest BCUT2D eigenvalue weighted by atomic mass is 16.6. The van der Waals surface area contributed by atoms with E-state index < -0.39 is 17.5 Å². The molecule has 1 atom stereocenters. The quantitative estimate of drug-likeness (QED) is 0.303. The first-order chi connectivity index (χ1) is 17.0. The summed E-state index contributed by atoms with van der Waals surface area (Å²) in [7, 11) is 0. The number of carbonyl (C=O) groups excluding carboxylic acids is 3. The summed E-state index contributed by atoms with van der Waals surface area (Å²) < 4.78 is 1.97. The molecular weight excluding hydrogens is 448 g/mol. The second kappa shape index (κ2) is 7.67. The van der Waals surface area contributed by atoms with Gasteiger partial charge in [0, 0.05) is 23.9 Å². The number of amides is 4. The average Bonchev–Trinajstić information content (AvgIpc) is 3.53. The Hall–Kier alpha value is -4.70. The van der Waals surface area contributed by atoms with E-state index in [2.05, 4.69) is 15.6 Å². The fraction of sp³-hybridized carbons (Fsp3) is 0.120. The van der Waals surface area contributed by atoms with Crippen LogP contribution in [0.3, 0.4) is 0 Å². The molecule has 2 aliphatic heterocycles. The maximum atomic E-state index is 13.1. The number of urea groups is 1. The van der Waals surface area contributed by atoms with Gasteiger partial charge in [-0.1, -0.05) is 36.4 Å². The zero-order valence-electron chi connectivity index (χ0n) is 18.4. The fourth-order valence-corrected chi connectivity index (χ4v) is 4.80. The highest BCUT2D eigenvalue weighted by Gasteiger charge is 2.50. The lowest BCUT2D eigenvalue weighted by molar-refractivity contribution is -0.124. The lowest BCUT2D eigenvalue weighted by Gasteiger charge is -2.31. The number of pyridine rings is 1. The number of benzene rings is 2. The molecule has 2 aliphatic rings. The van der Waals surface area contributed by atoms with Gasteiger partial charge in [0.2, 0.25) is 0 Å². The number of nitrogens with zero attached hydrogens (tertiary/aromatic N) is 3.